The first-order chi connectivity index (χ1) is 11.2. The van der Waals surface area contributed by atoms with Gasteiger partial charge in [0.15, 0.2) is 0 Å². The van der Waals surface area contributed by atoms with Gasteiger partial charge in [0.1, 0.15) is 6.17 Å². The predicted octanol–water partition coefficient (Wildman–Crippen LogP) is 4.01. The van der Waals surface area contributed by atoms with Crippen molar-refractivity contribution in [3.05, 3.63) is 71.8 Å². The van der Waals surface area contributed by atoms with Crippen molar-refractivity contribution in [2.45, 2.75) is 26.6 Å². The molecule has 0 aliphatic heterocycles. The standard InChI is InChI=1S/C20H29N3/c1-5-22(6-2)23(17-18-13-9-7-10-14-18)20(21(3)4)19-15-11-8-12-16-19/h7-16,20H,5-6,17H2,1-4H3. The molecule has 124 valence electrons. The summed E-state index contributed by atoms with van der Waals surface area (Å²) < 4.78 is 0. The lowest BCUT2D eigenvalue weighted by atomic mass is 10.1. The van der Waals surface area contributed by atoms with E-state index < -0.39 is 0 Å². The third kappa shape index (κ3) is 4.64. The number of rotatable bonds is 8. The molecule has 1 unspecified atom stereocenters. The highest BCUT2D eigenvalue weighted by atomic mass is 15.7. The Labute approximate surface area is 141 Å². The van der Waals surface area contributed by atoms with Crippen LogP contribution in [0.1, 0.15) is 31.1 Å². The summed E-state index contributed by atoms with van der Waals surface area (Å²) in [6, 6.07) is 21.5. The first-order valence-electron chi connectivity index (χ1n) is 8.44. The Balaban J connectivity index is 2.36. The van der Waals surface area contributed by atoms with Gasteiger partial charge in [-0.25, -0.2) is 10.0 Å². The van der Waals surface area contributed by atoms with Crippen LogP contribution in [0.5, 0.6) is 0 Å². The molecule has 0 N–H and O–H groups in total. The molecule has 0 saturated heterocycles. The van der Waals surface area contributed by atoms with Gasteiger partial charge in [-0.1, -0.05) is 74.5 Å². The molecule has 1 atom stereocenters. The van der Waals surface area contributed by atoms with Gasteiger partial charge in [-0.15, -0.1) is 0 Å². The average molecular weight is 311 g/mol. The van der Waals surface area contributed by atoms with Gasteiger partial charge in [-0.2, -0.15) is 0 Å². The smallest absolute Gasteiger partial charge is 0.102 e. The van der Waals surface area contributed by atoms with E-state index in [1.54, 1.807) is 0 Å². The van der Waals surface area contributed by atoms with Crippen molar-refractivity contribution in [3.8, 4) is 0 Å². The predicted molar refractivity (Wildman–Crippen MR) is 97.8 cm³/mol. The molecule has 0 bridgehead atoms. The Hall–Kier alpha value is -1.68. The lowest BCUT2D eigenvalue weighted by Gasteiger charge is -2.42. The minimum atomic E-state index is 0.219. The fourth-order valence-electron chi connectivity index (χ4n) is 3.06. The summed E-state index contributed by atoms with van der Waals surface area (Å²) in [6.45, 7) is 7.35. The minimum Gasteiger partial charge on any atom is -0.289 e. The van der Waals surface area contributed by atoms with Crippen molar-refractivity contribution in [2.24, 2.45) is 0 Å². The lowest BCUT2D eigenvalue weighted by molar-refractivity contribution is -0.108. The Bertz CT molecular complexity index is 550. The molecule has 0 saturated carbocycles. The van der Waals surface area contributed by atoms with E-state index in [-0.39, 0.29) is 6.17 Å². The number of nitrogens with zero attached hydrogens (tertiary/aromatic N) is 3. The van der Waals surface area contributed by atoms with Crippen LogP contribution >= 0.6 is 0 Å². The monoisotopic (exact) mass is 311 g/mol. The van der Waals surface area contributed by atoms with Crippen LogP contribution < -0.4 is 0 Å². The van der Waals surface area contributed by atoms with Crippen LogP contribution in [-0.2, 0) is 6.54 Å². The normalized spacial score (nSPS) is 13.0. The topological polar surface area (TPSA) is 9.72 Å². The zero-order valence-electron chi connectivity index (χ0n) is 14.8. The van der Waals surface area contributed by atoms with Crippen LogP contribution in [0.3, 0.4) is 0 Å². The van der Waals surface area contributed by atoms with Gasteiger partial charge < -0.3 is 0 Å². The summed E-state index contributed by atoms with van der Waals surface area (Å²) in [4.78, 5) is 2.29. The van der Waals surface area contributed by atoms with Crippen LogP contribution in [-0.4, -0.2) is 42.1 Å². The molecule has 3 heteroatoms. The van der Waals surface area contributed by atoms with Crippen LogP contribution in [0.4, 0.5) is 0 Å². The molecular weight excluding hydrogens is 282 g/mol. The Morgan fingerprint density at radius 2 is 1.30 bits per heavy atom. The van der Waals surface area contributed by atoms with Gasteiger partial charge in [0.25, 0.3) is 0 Å². The maximum Gasteiger partial charge on any atom is 0.102 e. The van der Waals surface area contributed by atoms with Crippen molar-refractivity contribution in [3.63, 3.8) is 0 Å². The Kier molecular flexibility index (Phi) is 6.78. The third-order valence-corrected chi connectivity index (χ3v) is 4.15. The van der Waals surface area contributed by atoms with E-state index in [4.69, 9.17) is 0 Å². The van der Waals surface area contributed by atoms with Gasteiger partial charge in [0.2, 0.25) is 0 Å². The highest BCUT2D eigenvalue weighted by Crippen LogP contribution is 2.26. The second-order valence-corrected chi connectivity index (χ2v) is 5.97. The summed E-state index contributed by atoms with van der Waals surface area (Å²) in [6.07, 6.45) is 0.219. The molecular formula is C20H29N3. The van der Waals surface area contributed by atoms with E-state index in [9.17, 15) is 0 Å². The fourth-order valence-corrected chi connectivity index (χ4v) is 3.06. The van der Waals surface area contributed by atoms with Gasteiger partial charge in [-0.3, -0.25) is 4.90 Å². The SMILES string of the molecule is CCN(CC)N(Cc1ccccc1)C(c1ccccc1)N(C)C. The van der Waals surface area contributed by atoms with Crippen LogP contribution in [0.2, 0.25) is 0 Å². The van der Waals surface area contributed by atoms with Crippen molar-refractivity contribution in [1.82, 2.24) is 14.9 Å². The summed E-state index contributed by atoms with van der Waals surface area (Å²) in [5, 5.41) is 4.90. The zero-order chi connectivity index (χ0) is 16.7. The lowest BCUT2D eigenvalue weighted by Crippen LogP contribution is -2.48. The number of hydrogen-bond donors (Lipinski definition) is 0. The molecule has 23 heavy (non-hydrogen) atoms. The minimum absolute atomic E-state index is 0.219. The number of hydrazine groups is 1. The molecule has 0 radical (unpaired) electrons. The first kappa shape index (κ1) is 17.7. The van der Waals surface area contributed by atoms with E-state index in [1.807, 2.05) is 0 Å². The van der Waals surface area contributed by atoms with Crippen molar-refractivity contribution >= 4 is 0 Å². The van der Waals surface area contributed by atoms with Crippen LogP contribution in [0.25, 0.3) is 0 Å². The van der Waals surface area contributed by atoms with E-state index in [0.717, 1.165) is 19.6 Å². The second kappa shape index (κ2) is 8.82. The van der Waals surface area contributed by atoms with Gasteiger partial charge >= 0.3 is 0 Å². The summed E-state index contributed by atoms with van der Waals surface area (Å²) in [5.74, 6) is 0. The van der Waals surface area contributed by atoms with Gasteiger partial charge in [0, 0.05) is 19.6 Å². The molecule has 0 spiro atoms. The van der Waals surface area contributed by atoms with E-state index in [0.29, 0.717) is 0 Å². The van der Waals surface area contributed by atoms with Crippen molar-refractivity contribution in [1.29, 1.82) is 0 Å². The Morgan fingerprint density at radius 1 is 0.783 bits per heavy atom. The second-order valence-electron chi connectivity index (χ2n) is 5.97. The largest absolute Gasteiger partial charge is 0.289 e. The molecule has 2 rings (SSSR count). The van der Waals surface area contributed by atoms with E-state index in [2.05, 4.69) is 104 Å². The summed E-state index contributed by atoms with van der Waals surface area (Å²) in [7, 11) is 4.30. The Morgan fingerprint density at radius 3 is 1.78 bits per heavy atom. The quantitative estimate of drug-likeness (QED) is 0.539. The van der Waals surface area contributed by atoms with E-state index >= 15 is 0 Å². The molecule has 0 aliphatic carbocycles. The average Bonchev–Trinajstić information content (AvgIpc) is 2.57. The van der Waals surface area contributed by atoms with Gasteiger partial charge in [-0.05, 0) is 25.2 Å². The molecule has 3 nitrogen and oxygen atoms in total. The molecule has 0 fully saturated rings. The third-order valence-electron chi connectivity index (χ3n) is 4.15. The summed E-state index contributed by atoms with van der Waals surface area (Å²) in [5.41, 5.74) is 2.66. The molecule has 0 aliphatic rings. The van der Waals surface area contributed by atoms with Crippen LogP contribution in [0, 0.1) is 0 Å². The number of benzene rings is 2. The fraction of sp³-hybridized carbons (Fsp3) is 0.400. The molecule has 2 aromatic rings. The molecule has 0 amide bonds. The first-order valence-corrected chi connectivity index (χ1v) is 8.44. The molecule has 0 aromatic heterocycles. The van der Waals surface area contributed by atoms with E-state index in [1.165, 1.54) is 11.1 Å². The number of hydrogen-bond acceptors (Lipinski definition) is 3. The van der Waals surface area contributed by atoms with Crippen LogP contribution in [0.15, 0.2) is 60.7 Å². The summed E-state index contributed by atoms with van der Waals surface area (Å²) >= 11 is 0. The highest BCUT2D eigenvalue weighted by molar-refractivity contribution is 5.20. The molecule has 2 aromatic carbocycles. The maximum absolute atomic E-state index is 2.48. The van der Waals surface area contributed by atoms with Crippen molar-refractivity contribution in [2.75, 3.05) is 27.2 Å². The van der Waals surface area contributed by atoms with Crippen molar-refractivity contribution < 1.29 is 0 Å². The molecule has 0 heterocycles. The zero-order valence-corrected chi connectivity index (χ0v) is 14.8. The maximum atomic E-state index is 2.48. The highest BCUT2D eigenvalue weighted by Gasteiger charge is 2.26. The van der Waals surface area contributed by atoms with Gasteiger partial charge in [0.05, 0.1) is 0 Å².